The number of fused-ring (bicyclic) bond motifs is 1. The Balaban J connectivity index is 1.74. The van der Waals surface area contributed by atoms with E-state index in [4.69, 9.17) is 9.47 Å². The lowest BCUT2D eigenvalue weighted by Crippen LogP contribution is -2.44. The summed E-state index contributed by atoms with van der Waals surface area (Å²) in [4.78, 5) is 35.7. The lowest BCUT2D eigenvalue weighted by atomic mass is 9.78. The van der Waals surface area contributed by atoms with Crippen molar-refractivity contribution in [3.63, 3.8) is 0 Å². The second-order valence-corrected chi connectivity index (χ2v) is 6.49. The van der Waals surface area contributed by atoms with Crippen LogP contribution in [0.15, 0.2) is 0 Å². The van der Waals surface area contributed by atoms with Crippen LogP contribution < -0.4 is 0 Å². The number of alkyl halides is 4. The molecule has 0 aromatic rings. The molecule has 0 aromatic heterocycles. The number of esters is 3. The summed E-state index contributed by atoms with van der Waals surface area (Å²) in [6.07, 6.45) is -5.07. The van der Waals surface area contributed by atoms with Crippen LogP contribution in [-0.4, -0.2) is 49.1 Å². The normalized spacial score (nSPS) is 35.8. The zero-order valence-electron chi connectivity index (χ0n) is 13.1. The fraction of sp³-hybridized carbons (Fsp3) is 0.800. The van der Waals surface area contributed by atoms with Crippen LogP contribution in [0, 0.1) is 23.7 Å². The van der Waals surface area contributed by atoms with E-state index in [-0.39, 0.29) is 12.3 Å². The molecule has 1 saturated heterocycles. The Labute approximate surface area is 139 Å². The van der Waals surface area contributed by atoms with Crippen molar-refractivity contribution in [2.45, 2.75) is 44.3 Å². The van der Waals surface area contributed by atoms with Gasteiger partial charge in [-0.2, -0.15) is 8.78 Å². The van der Waals surface area contributed by atoms with Gasteiger partial charge in [0.2, 0.25) is 0 Å². The van der Waals surface area contributed by atoms with Gasteiger partial charge < -0.3 is 14.2 Å². The highest BCUT2D eigenvalue weighted by Crippen LogP contribution is 2.59. The molecule has 6 nitrogen and oxygen atoms in total. The van der Waals surface area contributed by atoms with Gasteiger partial charge in [0.15, 0.2) is 6.61 Å². The van der Waals surface area contributed by atoms with E-state index in [2.05, 4.69) is 4.74 Å². The minimum absolute atomic E-state index is 0.0771. The summed E-state index contributed by atoms with van der Waals surface area (Å²) in [5.41, 5.74) is 0. The first-order chi connectivity index (χ1) is 11.7. The van der Waals surface area contributed by atoms with Crippen LogP contribution >= 0.6 is 0 Å². The van der Waals surface area contributed by atoms with Gasteiger partial charge in [0.05, 0.1) is 11.8 Å². The second-order valence-electron chi connectivity index (χ2n) is 6.49. The predicted octanol–water partition coefficient (Wildman–Crippen LogP) is 1.56. The van der Waals surface area contributed by atoms with E-state index in [1.165, 1.54) is 0 Å². The smallest absolute Gasteiger partial charge is 0.340 e. The number of carbonyl (C=O) groups is 3. The van der Waals surface area contributed by atoms with Gasteiger partial charge >= 0.3 is 30.3 Å². The number of hydrogen-bond acceptors (Lipinski definition) is 6. The zero-order valence-corrected chi connectivity index (χ0v) is 13.1. The van der Waals surface area contributed by atoms with Gasteiger partial charge in [-0.15, -0.1) is 0 Å². The Morgan fingerprint density at radius 3 is 2.60 bits per heavy atom. The molecule has 1 aliphatic heterocycles. The summed E-state index contributed by atoms with van der Waals surface area (Å²) in [7, 11) is 0. The highest BCUT2D eigenvalue weighted by Gasteiger charge is 2.70. The standard InChI is InChI=1S/C15H16F4O6/c1-2-7(20)24-10-5-3-6-9(13(22)25-11(6)10)8(5)12(21)23-4-15(18,19)14(16)17/h5-6,8-11,14H,2-4H2,1H3. The van der Waals surface area contributed by atoms with E-state index in [0.717, 1.165) is 0 Å². The van der Waals surface area contributed by atoms with Crippen LogP contribution in [0.25, 0.3) is 0 Å². The molecule has 140 valence electrons. The average Bonchev–Trinajstić information content (AvgIpc) is 3.15. The van der Waals surface area contributed by atoms with Gasteiger partial charge in [0.1, 0.15) is 12.2 Å². The molecule has 6 atom stereocenters. The topological polar surface area (TPSA) is 78.9 Å². The van der Waals surface area contributed by atoms with E-state index >= 15 is 0 Å². The van der Waals surface area contributed by atoms with Crippen molar-refractivity contribution < 1.29 is 46.2 Å². The van der Waals surface area contributed by atoms with Gasteiger partial charge in [0, 0.05) is 18.3 Å². The predicted molar refractivity (Wildman–Crippen MR) is 70.5 cm³/mol. The zero-order chi connectivity index (χ0) is 18.5. The second kappa shape index (κ2) is 6.14. The Morgan fingerprint density at radius 2 is 2.00 bits per heavy atom. The maximum absolute atomic E-state index is 13.0. The summed E-state index contributed by atoms with van der Waals surface area (Å²) in [5.74, 6) is -9.88. The monoisotopic (exact) mass is 368 g/mol. The molecule has 10 heteroatoms. The highest BCUT2D eigenvalue weighted by atomic mass is 19.3. The molecule has 3 aliphatic rings. The number of carbonyl (C=O) groups excluding carboxylic acids is 3. The summed E-state index contributed by atoms with van der Waals surface area (Å²) >= 11 is 0. The first-order valence-electron chi connectivity index (χ1n) is 7.90. The van der Waals surface area contributed by atoms with Crippen LogP contribution in [0.2, 0.25) is 0 Å². The minimum atomic E-state index is -4.47. The van der Waals surface area contributed by atoms with Crippen LogP contribution in [-0.2, 0) is 28.6 Å². The van der Waals surface area contributed by atoms with Gasteiger partial charge in [-0.25, -0.2) is 8.78 Å². The van der Waals surface area contributed by atoms with E-state index in [1.54, 1.807) is 6.92 Å². The van der Waals surface area contributed by atoms with Crippen molar-refractivity contribution >= 4 is 17.9 Å². The van der Waals surface area contributed by atoms with Gasteiger partial charge in [-0.3, -0.25) is 14.4 Å². The Bertz CT molecular complexity index is 595. The van der Waals surface area contributed by atoms with E-state index in [9.17, 15) is 31.9 Å². The van der Waals surface area contributed by atoms with Crippen LogP contribution in [0.5, 0.6) is 0 Å². The maximum Gasteiger partial charge on any atom is 0.340 e. The first kappa shape index (κ1) is 17.9. The molecule has 0 radical (unpaired) electrons. The number of halogens is 4. The SMILES string of the molecule is CCC(=O)OC1C2CC3C1OC(=O)C3C2C(=O)OCC(F)(F)C(F)F. The van der Waals surface area contributed by atoms with Crippen molar-refractivity contribution in [3.8, 4) is 0 Å². The first-order valence-corrected chi connectivity index (χ1v) is 7.90. The van der Waals surface area contributed by atoms with Gasteiger partial charge in [0.25, 0.3) is 0 Å². The fourth-order valence-electron chi connectivity index (χ4n) is 4.03. The lowest BCUT2D eigenvalue weighted by Gasteiger charge is -2.30. The van der Waals surface area contributed by atoms with Crippen molar-refractivity contribution in [3.05, 3.63) is 0 Å². The molecule has 2 saturated carbocycles. The Morgan fingerprint density at radius 1 is 1.32 bits per heavy atom. The van der Waals surface area contributed by atoms with Crippen LogP contribution in [0.4, 0.5) is 17.6 Å². The fourth-order valence-corrected chi connectivity index (χ4v) is 4.03. The molecule has 0 aromatic carbocycles. The molecule has 3 rings (SSSR count). The molecular weight excluding hydrogens is 352 g/mol. The van der Waals surface area contributed by atoms with E-state index < -0.39 is 66.8 Å². The third kappa shape index (κ3) is 2.85. The maximum atomic E-state index is 13.0. The molecule has 2 bridgehead atoms. The van der Waals surface area contributed by atoms with Crippen LogP contribution in [0.3, 0.4) is 0 Å². The number of rotatable bonds is 6. The quantitative estimate of drug-likeness (QED) is 0.402. The van der Waals surface area contributed by atoms with Crippen molar-refractivity contribution in [1.82, 2.24) is 0 Å². The molecule has 0 amide bonds. The molecule has 6 unspecified atom stereocenters. The number of hydrogen-bond donors (Lipinski definition) is 0. The third-order valence-electron chi connectivity index (χ3n) is 5.10. The van der Waals surface area contributed by atoms with Crippen molar-refractivity contribution in [2.24, 2.45) is 23.7 Å². The van der Waals surface area contributed by atoms with Crippen molar-refractivity contribution in [1.29, 1.82) is 0 Å². The third-order valence-corrected chi connectivity index (χ3v) is 5.10. The molecule has 3 fully saturated rings. The largest absolute Gasteiger partial charge is 0.459 e. The molecule has 0 N–H and O–H groups in total. The summed E-state index contributed by atoms with van der Waals surface area (Å²) in [6, 6.07) is 0. The van der Waals surface area contributed by atoms with Gasteiger partial charge in [-0.1, -0.05) is 6.92 Å². The van der Waals surface area contributed by atoms with E-state index in [1.807, 2.05) is 0 Å². The molecule has 1 heterocycles. The van der Waals surface area contributed by atoms with Crippen LogP contribution in [0.1, 0.15) is 19.8 Å². The Kier molecular flexibility index (Phi) is 4.40. The average molecular weight is 368 g/mol. The molecule has 25 heavy (non-hydrogen) atoms. The summed E-state index contributed by atoms with van der Waals surface area (Å²) < 4.78 is 65.0. The molecule has 0 spiro atoms. The van der Waals surface area contributed by atoms with E-state index in [0.29, 0.717) is 6.42 Å². The molecule has 2 aliphatic carbocycles. The summed E-state index contributed by atoms with van der Waals surface area (Å²) in [5, 5.41) is 0. The number of ether oxygens (including phenoxy) is 3. The van der Waals surface area contributed by atoms with Crippen molar-refractivity contribution in [2.75, 3.05) is 6.61 Å². The molecular formula is C15H16F4O6. The van der Waals surface area contributed by atoms with Gasteiger partial charge in [-0.05, 0) is 6.42 Å². The lowest BCUT2D eigenvalue weighted by molar-refractivity contribution is -0.187. The minimum Gasteiger partial charge on any atom is -0.459 e. The highest BCUT2D eigenvalue weighted by molar-refractivity contribution is 5.86. The Hall–Kier alpha value is -1.87. The summed E-state index contributed by atoms with van der Waals surface area (Å²) in [6.45, 7) is -0.209.